The van der Waals surface area contributed by atoms with Crippen molar-refractivity contribution < 1.29 is 4.79 Å². The molecule has 0 aromatic heterocycles. The number of rotatable bonds is 2. The minimum Gasteiger partial charge on any atom is -0.323 e. The van der Waals surface area contributed by atoms with Crippen molar-refractivity contribution in [2.75, 3.05) is 24.4 Å². The van der Waals surface area contributed by atoms with Crippen molar-refractivity contribution in [1.82, 2.24) is 4.90 Å². The first-order valence-electron chi connectivity index (χ1n) is 5.82. The highest BCUT2D eigenvalue weighted by atomic mass is 16.2. The number of urea groups is 1. The van der Waals surface area contributed by atoms with Crippen LogP contribution in [-0.2, 0) is 6.54 Å². The van der Waals surface area contributed by atoms with Crippen LogP contribution in [0.1, 0.15) is 5.56 Å². The van der Waals surface area contributed by atoms with Crippen molar-refractivity contribution in [1.29, 1.82) is 10.5 Å². The molecule has 7 nitrogen and oxygen atoms in total. The summed E-state index contributed by atoms with van der Waals surface area (Å²) in [6.45, 7) is 0.501. The van der Waals surface area contributed by atoms with Crippen LogP contribution in [0.3, 0.4) is 0 Å². The number of hydrogen-bond acceptors (Lipinski definition) is 5. The molecule has 0 radical (unpaired) electrons. The van der Waals surface area contributed by atoms with E-state index >= 15 is 0 Å². The Hall–Kier alpha value is -3.06. The largest absolute Gasteiger partial charge is 0.324 e. The van der Waals surface area contributed by atoms with E-state index in [9.17, 15) is 4.79 Å². The molecular weight excluding hydrogens is 256 g/mol. The number of hydrazone groups is 1. The van der Waals surface area contributed by atoms with Crippen molar-refractivity contribution in [2.45, 2.75) is 6.54 Å². The SMILES string of the molecule is CN1Cc2cc(NN=C(C#N)C#N)ccc2N(C)C1=O. The summed E-state index contributed by atoms with van der Waals surface area (Å²) < 4.78 is 0. The Morgan fingerprint density at radius 3 is 2.70 bits per heavy atom. The van der Waals surface area contributed by atoms with Gasteiger partial charge in [0.25, 0.3) is 0 Å². The number of nitrogens with one attached hydrogen (secondary N) is 1. The first-order valence-corrected chi connectivity index (χ1v) is 5.82. The molecule has 0 spiro atoms. The summed E-state index contributed by atoms with van der Waals surface area (Å²) in [5, 5.41) is 20.9. The van der Waals surface area contributed by atoms with Crippen LogP contribution in [0.4, 0.5) is 16.2 Å². The molecule has 0 saturated heterocycles. The van der Waals surface area contributed by atoms with Crippen molar-refractivity contribution in [3.05, 3.63) is 23.8 Å². The molecule has 0 unspecified atom stereocenters. The standard InChI is InChI=1S/C13H12N6O/c1-18-8-9-5-10(16-17-11(6-14)7-15)3-4-12(9)19(2)13(18)20/h3-5,16H,8H2,1-2H3. The van der Waals surface area contributed by atoms with Crippen LogP contribution >= 0.6 is 0 Å². The Balaban J connectivity index is 2.28. The second-order valence-electron chi connectivity index (χ2n) is 4.34. The lowest BCUT2D eigenvalue weighted by molar-refractivity contribution is 0.212. The summed E-state index contributed by atoms with van der Waals surface area (Å²) in [6, 6.07) is 8.66. The number of fused-ring (bicyclic) bond motifs is 1. The van der Waals surface area contributed by atoms with E-state index in [1.54, 1.807) is 48.2 Å². The highest BCUT2D eigenvalue weighted by Gasteiger charge is 2.24. The Morgan fingerprint density at radius 1 is 1.35 bits per heavy atom. The molecule has 0 atom stereocenters. The number of carbonyl (C=O) groups excluding carboxylic acids is 1. The molecule has 1 aromatic carbocycles. The van der Waals surface area contributed by atoms with Gasteiger partial charge in [-0.05, 0) is 23.8 Å². The van der Waals surface area contributed by atoms with Gasteiger partial charge in [-0.15, -0.1) is 0 Å². The molecule has 1 heterocycles. The van der Waals surface area contributed by atoms with Gasteiger partial charge in [-0.1, -0.05) is 0 Å². The van der Waals surface area contributed by atoms with Crippen LogP contribution in [0.2, 0.25) is 0 Å². The molecule has 20 heavy (non-hydrogen) atoms. The van der Waals surface area contributed by atoms with Crippen LogP contribution in [0.5, 0.6) is 0 Å². The molecule has 2 amide bonds. The van der Waals surface area contributed by atoms with E-state index in [2.05, 4.69) is 10.5 Å². The van der Waals surface area contributed by atoms with Gasteiger partial charge in [0.2, 0.25) is 5.71 Å². The zero-order chi connectivity index (χ0) is 14.7. The predicted octanol–water partition coefficient (Wildman–Crippen LogP) is 1.50. The third kappa shape index (κ3) is 2.38. The number of amides is 2. The molecule has 0 saturated carbocycles. The van der Waals surface area contributed by atoms with Crippen LogP contribution in [0, 0.1) is 22.7 Å². The molecule has 2 rings (SSSR count). The second-order valence-corrected chi connectivity index (χ2v) is 4.34. The van der Waals surface area contributed by atoms with Gasteiger partial charge in [-0.25, -0.2) is 4.79 Å². The monoisotopic (exact) mass is 268 g/mol. The molecule has 1 aliphatic heterocycles. The molecule has 0 aliphatic carbocycles. The van der Waals surface area contributed by atoms with Gasteiger partial charge in [-0.3, -0.25) is 10.3 Å². The molecule has 7 heteroatoms. The zero-order valence-corrected chi connectivity index (χ0v) is 11.1. The van der Waals surface area contributed by atoms with Gasteiger partial charge in [0, 0.05) is 20.6 Å². The highest BCUT2D eigenvalue weighted by molar-refractivity contribution is 6.10. The van der Waals surface area contributed by atoms with Gasteiger partial charge in [0.1, 0.15) is 12.1 Å². The lowest BCUT2D eigenvalue weighted by Crippen LogP contribution is -2.42. The minimum atomic E-state index is -0.243. The van der Waals surface area contributed by atoms with Crippen LogP contribution in [0.25, 0.3) is 0 Å². The maximum Gasteiger partial charge on any atom is 0.324 e. The van der Waals surface area contributed by atoms with Crippen molar-refractivity contribution in [2.24, 2.45) is 5.10 Å². The van der Waals surface area contributed by atoms with Crippen molar-refractivity contribution >= 4 is 23.1 Å². The highest BCUT2D eigenvalue weighted by Crippen LogP contribution is 2.29. The van der Waals surface area contributed by atoms with Gasteiger partial charge in [-0.2, -0.15) is 15.6 Å². The number of nitrogens with zero attached hydrogens (tertiary/aromatic N) is 5. The van der Waals surface area contributed by atoms with E-state index in [1.807, 2.05) is 6.07 Å². The van der Waals surface area contributed by atoms with Gasteiger partial charge in [0.05, 0.1) is 11.4 Å². The van der Waals surface area contributed by atoms with Crippen LogP contribution in [0.15, 0.2) is 23.3 Å². The fraction of sp³-hybridized carbons (Fsp3) is 0.231. The van der Waals surface area contributed by atoms with Crippen LogP contribution in [-0.4, -0.2) is 30.7 Å². The van der Waals surface area contributed by atoms with Gasteiger partial charge in [0.15, 0.2) is 0 Å². The summed E-state index contributed by atoms with van der Waals surface area (Å²) in [6.07, 6.45) is 0. The summed E-state index contributed by atoms with van der Waals surface area (Å²) in [4.78, 5) is 15.0. The third-order valence-corrected chi connectivity index (χ3v) is 2.97. The van der Waals surface area contributed by atoms with E-state index in [0.29, 0.717) is 12.2 Å². The van der Waals surface area contributed by atoms with E-state index in [4.69, 9.17) is 10.5 Å². The third-order valence-electron chi connectivity index (χ3n) is 2.97. The zero-order valence-electron chi connectivity index (χ0n) is 11.1. The summed E-state index contributed by atoms with van der Waals surface area (Å²) in [5.41, 5.74) is 4.87. The van der Waals surface area contributed by atoms with Crippen molar-refractivity contribution in [3.63, 3.8) is 0 Å². The number of carbonyl (C=O) groups is 1. The van der Waals surface area contributed by atoms with Crippen LogP contribution < -0.4 is 10.3 Å². The smallest absolute Gasteiger partial charge is 0.323 e. The molecule has 0 fully saturated rings. The topological polar surface area (TPSA) is 95.5 Å². The Morgan fingerprint density at radius 2 is 2.05 bits per heavy atom. The van der Waals surface area contributed by atoms with Gasteiger partial charge < -0.3 is 4.90 Å². The molecule has 1 aliphatic rings. The van der Waals surface area contributed by atoms with Gasteiger partial charge >= 0.3 is 6.03 Å². The number of anilines is 2. The summed E-state index contributed by atoms with van der Waals surface area (Å²) >= 11 is 0. The lowest BCUT2D eigenvalue weighted by Gasteiger charge is -2.32. The minimum absolute atomic E-state index is 0.0625. The van der Waals surface area contributed by atoms with E-state index in [0.717, 1.165) is 11.3 Å². The normalized spacial score (nSPS) is 13.1. The van der Waals surface area contributed by atoms with Crippen molar-refractivity contribution in [3.8, 4) is 12.1 Å². The van der Waals surface area contributed by atoms with E-state index < -0.39 is 0 Å². The average molecular weight is 268 g/mol. The second kappa shape index (κ2) is 5.29. The van der Waals surface area contributed by atoms with E-state index in [1.165, 1.54) is 0 Å². The lowest BCUT2D eigenvalue weighted by atomic mass is 10.1. The molecule has 100 valence electrons. The van der Waals surface area contributed by atoms with E-state index in [-0.39, 0.29) is 11.7 Å². The number of benzene rings is 1. The quantitative estimate of drug-likeness (QED) is 0.649. The molecule has 0 bridgehead atoms. The Labute approximate surface area is 116 Å². The first kappa shape index (κ1) is 13.4. The first-order chi connectivity index (χ1) is 9.56. The Bertz CT molecular complexity index is 650. The molecular formula is C13H12N6O. The summed E-state index contributed by atoms with van der Waals surface area (Å²) in [5.74, 6) is 0. The fourth-order valence-electron chi connectivity index (χ4n) is 1.99. The molecule has 1 aromatic rings. The summed E-state index contributed by atoms with van der Waals surface area (Å²) in [7, 11) is 3.44. The molecule has 1 N–H and O–H groups in total. The number of hydrogen-bond donors (Lipinski definition) is 1. The maximum atomic E-state index is 11.8. The Kier molecular flexibility index (Phi) is 3.54. The average Bonchev–Trinajstić information content (AvgIpc) is 2.46. The predicted molar refractivity (Wildman–Crippen MR) is 74.0 cm³/mol. The fourth-order valence-corrected chi connectivity index (χ4v) is 1.99. The maximum absolute atomic E-state index is 11.8. The number of nitriles is 2.